The first-order valence-corrected chi connectivity index (χ1v) is 16.0. The van der Waals surface area contributed by atoms with Gasteiger partial charge in [-0.2, -0.15) is 0 Å². The van der Waals surface area contributed by atoms with Crippen molar-refractivity contribution in [1.82, 2.24) is 9.80 Å². The number of nitrogens with zero attached hydrogens (tertiary/aromatic N) is 3. The number of ether oxygens (including phenoxy) is 1. The number of anilines is 4. The number of nitrogens with one attached hydrogen (secondary N) is 1. The van der Waals surface area contributed by atoms with Crippen LogP contribution in [0.2, 0.25) is 0 Å². The van der Waals surface area contributed by atoms with Crippen LogP contribution < -0.4 is 21.7 Å². The van der Waals surface area contributed by atoms with E-state index in [2.05, 4.69) is 70.5 Å². The van der Waals surface area contributed by atoms with Crippen molar-refractivity contribution in [3.05, 3.63) is 47.5 Å². The first kappa shape index (κ1) is 35.9. The van der Waals surface area contributed by atoms with Gasteiger partial charge < -0.3 is 36.2 Å². The molecule has 240 valence electrons. The van der Waals surface area contributed by atoms with E-state index < -0.39 is 18.1 Å². The lowest BCUT2D eigenvalue weighted by atomic mass is 10.0. The van der Waals surface area contributed by atoms with Crippen LogP contribution in [0.15, 0.2) is 36.4 Å². The summed E-state index contributed by atoms with van der Waals surface area (Å²) in [6.45, 7) is 22.2. The van der Waals surface area contributed by atoms with Gasteiger partial charge in [-0.05, 0) is 86.4 Å². The van der Waals surface area contributed by atoms with Crippen LogP contribution in [0.1, 0.15) is 91.2 Å². The zero-order valence-electron chi connectivity index (χ0n) is 27.8. The Bertz CT molecular complexity index is 1160. The number of hydrogen-bond acceptors (Lipinski definition) is 8. The fourth-order valence-corrected chi connectivity index (χ4v) is 5.26. The molecule has 0 saturated heterocycles. The first-order valence-electron chi connectivity index (χ1n) is 16.0. The Hall–Kier alpha value is -3.30. The molecule has 9 nitrogen and oxygen atoms in total. The van der Waals surface area contributed by atoms with Gasteiger partial charge in [-0.1, -0.05) is 67.5 Å². The molecule has 9 heteroatoms. The van der Waals surface area contributed by atoms with E-state index in [1.807, 2.05) is 30.3 Å². The molecular weight excluding hydrogens is 540 g/mol. The largest absolute Gasteiger partial charge is 0.435 e. The molecule has 2 aromatic carbocycles. The smallest absolute Gasteiger partial charge is 0.399 e. The molecule has 0 radical (unpaired) electrons. The minimum absolute atomic E-state index is 0.243. The molecule has 0 aliphatic heterocycles. The van der Waals surface area contributed by atoms with Gasteiger partial charge in [0, 0.05) is 42.3 Å². The highest BCUT2D eigenvalue weighted by Crippen LogP contribution is 2.28. The van der Waals surface area contributed by atoms with Gasteiger partial charge >= 0.3 is 11.9 Å². The maximum Gasteiger partial charge on any atom is 0.399 e. The summed E-state index contributed by atoms with van der Waals surface area (Å²) in [5.74, 6) is -1.08. The number of rotatable bonds is 17. The number of amides is 1. The monoisotopic (exact) mass is 596 g/mol. The lowest BCUT2D eigenvalue weighted by molar-refractivity contribution is -0.157. The summed E-state index contributed by atoms with van der Waals surface area (Å²) in [4.78, 5) is 33.3. The Morgan fingerprint density at radius 1 is 0.767 bits per heavy atom. The average Bonchev–Trinajstić information content (AvgIpc) is 2.97. The number of carbonyl (C=O) groups excluding carboxylic acids is 2. The summed E-state index contributed by atoms with van der Waals surface area (Å²) in [6.07, 6.45) is 0.495. The molecule has 0 aliphatic carbocycles. The number of nitrogen functional groups attached to an aromatic ring is 2. The molecule has 1 amide bonds. The van der Waals surface area contributed by atoms with E-state index in [9.17, 15) is 9.59 Å². The van der Waals surface area contributed by atoms with Crippen molar-refractivity contribution in [3.63, 3.8) is 0 Å². The molecule has 5 N–H and O–H groups in total. The van der Waals surface area contributed by atoms with Gasteiger partial charge in [0.1, 0.15) is 0 Å². The molecular formula is C34H56N6O3. The Morgan fingerprint density at radius 2 is 1.30 bits per heavy atom. The van der Waals surface area contributed by atoms with Crippen molar-refractivity contribution in [2.24, 2.45) is 0 Å². The topological polar surface area (TPSA) is 117 Å². The Labute approximate surface area is 259 Å². The predicted octanol–water partition coefficient (Wildman–Crippen LogP) is 5.88. The van der Waals surface area contributed by atoms with Crippen molar-refractivity contribution >= 4 is 34.6 Å². The Kier molecular flexibility index (Phi) is 14.8. The van der Waals surface area contributed by atoms with E-state index in [1.54, 1.807) is 6.07 Å². The maximum absolute atomic E-state index is 13.7. The molecule has 0 aromatic heterocycles. The third-order valence-corrected chi connectivity index (χ3v) is 8.06. The van der Waals surface area contributed by atoms with Gasteiger partial charge in [-0.15, -0.1) is 0 Å². The molecule has 0 bridgehead atoms. The van der Waals surface area contributed by atoms with Crippen molar-refractivity contribution in [2.45, 2.75) is 86.3 Å². The molecule has 2 rings (SSSR count). The van der Waals surface area contributed by atoms with E-state index in [4.69, 9.17) is 16.2 Å². The van der Waals surface area contributed by atoms with Crippen LogP contribution in [0.25, 0.3) is 0 Å². The number of benzene rings is 2. The zero-order chi connectivity index (χ0) is 32.1. The second-order valence-corrected chi connectivity index (χ2v) is 11.7. The summed E-state index contributed by atoms with van der Waals surface area (Å²) >= 11 is 0. The second-order valence-electron chi connectivity index (χ2n) is 11.7. The third-order valence-electron chi connectivity index (χ3n) is 8.06. The van der Waals surface area contributed by atoms with Crippen molar-refractivity contribution < 1.29 is 14.3 Å². The summed E-state index contributed by atoms with van der Waals surface area (Å²) < 4.78 is 5.89. The fraction of sp³-hybridized carbons (Fsp3) is 0.588. The predicted molar refractivity (Wildman–Crippen MR) is 181 cm³/mol. The van der Waals surface area contributed by atoms with E-state index >= 15 is 0 Å². The number of carbonyl (C=O) groups is 2. The van der Waals surface area contributed by atoms with Crippen molar-refractivity contribution in [2.75, 3.05) is 67.5 Å². The summed E-state index contributed by atoms with van der Waals surface area (Å²) in [7, 11) is 0. The van der Waals surface area contributed by atoms with E-state index in [-0.39, 0.29) is 5.92 Å². The van der Waals surface area contributed by atoms with Gasteiger partial charge in [0.25, 0.3) is 0 Å². The van der Waals surface area contributed by atoms with E-state index in [0.29, 0.717) is 48.9 Å². The first-order chi connectivity index (χ1) is 20.4. The van der Waals surface area contributed by atoms with Crippen molar-refractivity contribution in [1.29, 1.82) is 0 Å². The van der Waals surface area contributed by atoms with Gasteiger partial charge in [0.2, 0.25) is 0 Å². The quantitative estimate of drug-likeness (QED) is 0.0898. The zero-order valence-corrected chi connectivity index (χ0v) is 27.8. The van der Waals surface area contributed by atoms with E-state index in [0.717, 1.165) is 49.5 Å². The lowest BCUT2D eigenvalue weighted by Crippen LogP contribution is -2.42. The van der Waals surface area contributed by atoms with Gasteiger partial charge in [-0.3, -0.25) is 4.79 Å². The number of nitrogens with two attached hydrogens (primary N) is 2. The molecule has 0 fully saturated rings. The van der Waals surface area contributed by atoms with Crippen LogP contribution in [-0.4, -0.2) is 73.7 Å². The highest BCUT2D eigenvalue weighted by atomic mass is 16.6. The van der Waals surface area contributed by atoms with Crippen LogP contribution in [-0.2, 0) is 14.3 Å². The average molecular weight is 597 g/mol. The standard InChI is InChI=1S/C34H56N6O3/c1-9-38(10-2)19-13-20-40(27-15-17-29(25(7)8)31(36)23-27)33(41)34(42)43-32(18-21-39(11-3)12-4)37-26-14-16-28(24(5)6)30(35)22-26/h14-17,22-25,32,37H,9-13,18-21,35-36H2,1-8H3. The van der Waals surface area contributed by atoms with Crippen LogP contribution in [0.3, 0.4) is 0 Å². The Morgan fingerprint density at radius 3 is 1.81 bits per heavy atom. The summed E-state index contributed by atoms with van der Waals surface area (Å²) in [6, 6.07) is 11.4. The van der Waals surface area contributed by atoms with Crippen molar-refractivity contribution in [3.8, 4) is 0 Å². The molecule has 0 saturated carbocycles. The molecule has 2 aromatic rings. The minimum atomic E-state index is -0.904. The maximum atomic E-state index is 13.7. The van der Waals surface area contributed by atoms with Gasteiger partial charge in [0.05, 0.1) is 0 Å². The number of esters is 1. The summed E-state index contributed by atoms with van der Waals surface area (Å²) in [5.41, 5.74) is 17.3. The third kappa shape index (κ3) is 10.7. The molecule has 0 aliphatic rings. The Balaban J connectivity index is 2.32. The number of hydrogen-bond donors (Lipinski definition) is 3. The van der Waals surface area contributed by atoms with E-state index in [1.165, 1.54) is 4.90 Å². The fourth-order valence-electron chi connectivity index (χ4n) is 5.26. The van der Waals surface area contributed by atoms with Crippen LogP contribution in [0.4, 0.5) is 22.7 Å². The lowest BCUT2D eigenvalue weighted by Gasteiger charge is -2.27. The summed E-state index contributed by atoms with van der Waals surface area (Å²) in [5, 5.41) is 3.31. The highest BCUT2D eigenvalue weighted by molar-refractivity contribution is 6.38. The van der Waals surface area contributed by atoms with Gasteiger partial charge in [0.15, 0.2) is 6.23 Å². The van der Waals surface area contributed by atoms with Gasteiger partial charge in [-0.25, -0.2) is 4.79 Å². The molecule has 1 atom stereocenters. The van der Waals surface area contributed by atoms with Crippen LogP contribution in [0.5, 0.6) is 0 Å². The van der Waals surface area contributed by atoms with Crippen LogP contribution >= 0.6 is 0 Å². The molecule has 1 unspecified atom stereocenters. The molecule has 0 heterocycles. The normalized spacial score (nSPS) is 12.3. The highest BCUT2D eigenvalue weighted by Gasteiger charge is 2.28. The second kappa shape index (κ2) is 17.7. The minimum Gasteiger partial charge on any atom is -0.435 e. The molecule has 0 spiro atoms. The SMILES string of the molecule is CCN(CC)CCCN(C(=O)C(=O)OC(CCN(CC)CC)Nc1ccc(C(C)C)c(N)c1)c1ccc(C(C)C)c(N)c1. The van der Waals surface area contributed by atoms with Crippen LogP contribution in [0, 0.1) is 0 Å². The molecule has 43 heavy (non-hydrogen) atoms.